The standard InChI is InChI=1S/C27H25FN4O3S/c1-36(34,35)25-7-3-2-5-20(25)18-10-11-22(21(28)15-18)32-13-4-6-23(27(32)33)31-14-12-17-8-9-19(26(29)30)16-24(17)31/h2-3,5,7-12,14-16,23H,4,6,13H2,1H3,(H3,29,30). The van der Waals surface area contributed by atoms with Gasteiger partial charge in [0.25, 0.3) is 0 Å². The number of carbonyl (C=O) groups excluding carboxylic acids is 1. The predicted molar refractivity (Wildman–Crippen MR) is 139 cm³/mol. The van der Waals surface area contributed by atoms with E-state index in [1.807, 2.05) is 22.9 Å². The van der Waals surface area contributed by atoms with Crippen molar-refractivity contribution in [1.82, 2.24) is 4.57 Å². The normalized spacial score (nSPS) is 16.4. The van der Waals surface area contributed by atoms with Crippen LogP contribution >= 0.6 is 0 Å². The fraction of sp³-hybridized carbons (Fsp3) is 0.185. The molecule has 1 amide bonds. The molecule has 0 aliphatic carbocycles. The molecule has 184 valence electrons. The summed E-state index contributed by atoms with van der Waals surface area (Å²) in [5, 5.41) is 8.65. The van der Waals surface area contributed by atoms with E-state index in [4.69, 9.17) is 11.1 Å². The number of aromatic nitrogens is 1. The van der Waals surface area contributed by atoms with E-state index >= 15 is 4.39 Å². The van der Waals surface area contributed by atoms with Gasteiger partial charge in [-0.2, -0.15) is 0 Å². The minimum Gasteiger partial charge on any atom is -0.384 e. The smallest absolute Gasteiger partial charge is 0.250 e. The van der Waals surface area contributed by atoms with Crippen LogP contribution in [0, 0.1) is 11.2 Å². The molecule has 3 aromatic carbocycles. The van der Waals surface area contributed by atoms with E-state index < -0.39 is 21.7 Å². The Hall–Kier alpha value is -3.98. The third-order valence-corrected chi connectivity index (χ3v) is 7.77. The zero-order valence-corrected chi connectivity index (χ0v) is 20.4. The van der Waals surface area contributed by atoms with Gasteiger partial charge < -0.3 is 15.2 Å². The summed E-state index contributed by atoms with van der Waals surface area (Å²) in [7, 11) is -3.50. The van der Waals surface area contributed by atoms with Gasteiger partial charge in [0.15, 0.2) is 9.84 Å². The Balaban J connectivity index is 1.50. The number of nitrogens with one attached hydrogen (secondary N) is 1. The highest BCUT2D eigenvalue weighted by Gasteiger charge is 2.33. The Morgan fingerprint density at radius 2 is 1.86 bits per heavy atom. The van der Waals surface area contributed by atoms with Crippen molar-refractivity contribution in [2.24, 2.45) is 5.73 Å². The van der Waals surface area contributed by atoms with Crippen LogP contribution in [0.2, 0.25) is 0 Å². The number of hydrogen-bond donors (Lipinski definition) is 2. The highest BCUT2D eigenvalue weighted by Crippen LogP contribution is 2.35. The lowest BCUT2D eigenvalue weighted by Crippen LogP contribution is -2.42. The zero-order valence-electron chi connectivity index (χ0n) is 19.6. The number of nitrogens with zero attached hydrogens (tertiary/aromatic N) is 2. The molecule has 7 nitrogen and oxygen atoms in total. The lowest BCUT2D eigenvalue weighted by Gasteiger charge is -2.33. The molecule has 2 heterocycles. The highest BCUT2D eigenvalue weighted by molar-refractivity contribution is 7.90. The van der Waals surface area contributed by atoms with Gasteiger partial charge in [-0.1, -0.05) is 36.4 Å². The SMILES string of the molecule is CS(=O)(=O)c1ccccc1-c1ccc(N2CCCC(n3ccc4ccc(C(=N)N)cc43)C2=O)c(F)c1. The molecule has 36 heavy (non-hydrogen) atoms. The number of benzene rings is 3. The molecule has 0 spiro atoms. The number of halogens is 1. The number of piperidine rings is 1. The van der Waals surface area contributed by atoms with Crippen molar-refractivity contribution in [3.05, 3.63) is 84.3 Å². The first kappa shape index (κ1) is 23.7. The second-order valence-corrected chi connectivity index (χ2v) is 11.0. The number of fused-ring (bicyclic) bond motifs is 1. The van der Waals surface area contributed by atoms with Crippen molar-refractivity contribution >= 4 is 38.2 Å². The number of anilines is 1. The summed E-state index contributed by atoms with van der Waals surface area (Å²) in [6, 6.07) is 17.7. The Labute approximate surface area is 208 Å². The van der Waals surface area contributed by atoms with Crippen molar-refractivity contribution < 1.29 is 17.6 Å². The number of nitrogen functional groups attached to an aromatic ring is 1. The molecular weight excluding hydrogens is 479 g/mol. The maximum Gasteiger partial charge on any atom is 0.250 e. The number of hydrogen-bond acceptors (Lipinski definition) is 4. The van der Waals surface area contributed by atoms with Crippen LogP contribution in [0.1, 0.15) is 24.4 Å². The van der Waals surface area contributed by atoms with Crippen molar-refractivity contribution in [3.63, 3.8) is 0 Å². The topological polar surface area (TPSA) is 109 Å². The average molecular weight is 505 g/mol. The summed E-state index contributed by atoms with van der Waals surface area (Å²) in [5.74, 6) is -0.878. The van der Waals surface area contributed by atoms with Crippen molar-refractivity contribution in [2.75, 3.05) is 17.7 Å². The summed E-state index contributed by atoms with van der Waals surface area (Å²) in [4.78, 5) is 15.1. The highest BCUT2D eigenvalue weighted by atomic mass is 32.2. The van der Waals surface area contributed by atoms with Crippen LogP contribution in [0.4, 0.5) is 10.1 Å². The monoisotopic (exact) mass is 504 g/mol. The van der Waals surface area contributed by atoms with E-state index in [1.54, 1.807) is 36.4 Å². The predicted octanol–water partition coefficient (Wildman–Crippen LogP) is 4.50. The third kappa shape index (κ3) is 4.15. The largest absolute Gasteiger partial charge is 0.384 e. The molecule has 1 aliphatic heterocycles. The molecule has 3 N–H and O–H groups in total. The average Bonchev–Trinajstić information content (AvgIpc) is 3.27. The molecule has 1 saturated heterocycles. The minimum atomic E-state index is -3.50. The van der Waals surface area contributed by atoms with E-state index in [2.05, 4.69) is 0 Å². The summed E-state index contributed by atoms with van der Waals surface area (Å²) in [5.41, 5.74) is 8.00. The molecule has 1 aliphatic rings. The van der Waals surface area contributed by atoms with Gasteiger partial charge in [-0.25, -0.2) is 12.8 Å². The third-order valence-electron chi connectivity index (χ3n) is 6.62. The van der Waals surface area contributed by atoms with Gasteiger partial charge in [-0.05, 0) is 54.1 Å². The summed E-state index contributed by atoms with van der Waals surface area (Å²) in [6.45, 7) is 0.378. The Bertz CT molecular complexity index is 1630. The quantitative estimate of drug-likeness (QED) is 0.308. The molecule has 1 aromatic heterocycles. The van der Waals surface area contributed by atoms with Crippen molar-refractivity contribution in [1.29, 1.82) is 5.41 Å². The first-order chi connectivity index (χ1) is 17.1. The van der Waals surface area contributed by atoms with Gasteiger partial charge in [-0.15, -0.1) is 0 Å². The number of amidine groups is 1. The Morgan fingerprint density at radius 3 is 2.58 bits per heavy atom. The van der Waals surface area contributed by atoms with Crippen LogP contribution in [0.25, 0.3) is 22.0 Å². The van der Waals surface area contributed by atoms with Crippen LogP contribution < -0.4 is 10.6 Å². The maximum absolute atomic E-state index is 15.4. The molecule has 1 atom stereocenters. The Kier molecular flexibility index (Phi) is 5.88. The van der Waals surface area contributed by atoms with Crippen LogP contribution in [-0.2, 0) is 14.6 Å². The molecule has 0 saturated carbocycles. The summed E-state index contributed by atoms with van der Waals surface area (Å²) < 4.78 is 41.7. The zero-order chi connectivity index (χ0) is 25.6. The van der Waals surface area contributed by atoms with E-state index in [0.717, 1.165) is 17.2 Å². The van der Waals surface area contributed by atoms with Crippen LogP contribution in [0.15, 0.2) is 77.8 Å². The second kappa shape index (κ2) is 8.91. The fourth-order valence-corrected chi connectivity index (χ4v) is 5.77. The number of nitrogens with two attached hydrogens (primary N) is 1. The van der Waals surface area contributed by atoms with Gasteiger partial charge in [-0.3, -0.25) is 10.2 Å². The second-order valence-electron chi connectivity index (χ2n) is 8.99. The van der Waals surface area contributed by atoms with Crippen molar-refractivity contribution in [2.45, 2.75) is 23.8 Å². The molecule has 5 rings (SSSR count). The number of sulfone groups is 1. The van der Waals surface area contributed by atoms with Gasteiger partial charge in [0.2, 0.25) is 5.91 Å². The first-order valence-electron chi connectivity index (χ1n) is 11.5. The Morgan fingerprint density at radius 1 is 1.08 bits per heavy atom. The molecule has 0 bridgehead atoms. The van der Waals surface area contributed by atoms with Gasteiger partial charge in [0.1, 0.15) is 17.7 Å². The fourth-order valence-electron chi connectivity index (χ4n) is 4.86. The summed E-state index contributed by atoms with van der Waals surface area (Å²) in [6.07, 6.45) is 4.24. The van der Waals surface area contributed by atoms with E-state index in [9.17, 15) is 13.2 Å². The van der Waals surface area contributed by atoms with E-state index in [0.29, 0.717) is 36.1 Å². The van der Waals surface area contributed by atoms with Gasteiger partial charge in [0.05, 0.1) is 10.6 Å². The van der Waals surface area contributed by atoms with Crippen molar-refractivity contribution in [3.8, 4) is 11.1 Å². The maximum atomic E-state index is 15.4. The lowest BCUT2D eigenvalue weighted by atomic mass is 10.0. The molecule has 0 radical (unpaired) electrons. The number of carbonyl (C=O) groups is 1. The van der Waals surface area contributed by atoms with Crippen LogP contribution in [0.5, 0.6) is 0 Å². The molecule has 1 unspecified atom stereocenters. The van der Waals surface area contributed by atoms with E-state index in [1.165, 1.54) is 23.1 Å². The first-order valence-corrected chi connectivity index (χ1v) is 13.4. The molecule has 4 aromatic rings. The van der Waals surface area contributed by atoms with Gasteiger partial charge in [0, 0.05) is 35.6 Å². The lowest BCUT2D eigenvalue weighted by molar-refractivity contribution is -0.123. The molecule has 1 fully saturated rings. The van der Waals surface area contributed by atoms with E-state index in [-0.39, 0.29) is 22.3 Å². The van der Waals surface area contributed by atoms with Crippen LogP contribution in [-0.4, -0.2) is 37.5 Å². The number of rotatable bonds is 5. The van der Waals surface area contributed by atoms with Gasteiger partial charge >= 0.3 is 0 Å². The molecule has 9 heteroatoms. The number of amides is 1. The summed E-state index contributed by atoms with van der Waals surface area (Å²) >= 11 is 0. The minimum absolute atomic E-state index is 0.0548. The molecular formula is C27H25FN4O3S. The van der Waals surface area contributed by atoms with Crippen LogP contribution in [0.3, 0.4) is 0 Å².